The topological polar surface area (TPSA) is 26.3 Å². The van der Waals surface area contributed by atoms with E-state index in [1.807, 2.05) is 18.2 Å². The Labute approximate surface area is 111 Å². The molecule has 0 saturated heterocycles. The van der Waals surface area contributed by atoms with Crippen molar-refractivity contribution in [1.29, 1.82) is 0 Å². The first-order chi connectivity index (χ1) is 8.19. The highest BCUT2D eigenvalue weighted by Gasteiger charge is 2.40. The Kier molecular flexibility index (Phi) is 4.17. The Morgan fingerprint density at radius 1 is 1.28 bits per heavy atom. The molecule has 0 fully saturated rings. The fourth-order valence-electron chi connectivity index (χ4n) is 1.30. The molecule has 0 bridgehead atoms. The molecule has 0 unspecified atom stereocenters. The Morgan fingerprint density at radius 2 is 1.83 bits per heavy atom. The molecule has 0 spiro atoms. The summed E-state index contributed by atoms with van der Waals surface area (Å²) in [6, 6.07) is 7.39. The van der Waals surface area contributed by atoms with Gasteiger partial charge in [-0.15, -0.1) is 0 Å². The smallest absolute Gasteiger partial charge is 0.325 e. The second-order valence-corrected chi connectivity index (χ2v) is 10.7. The summed E-state index contributed by atoms with van der Waals surface area (Å²) in [5.74, 6) is -0.239. The first kappa shape index (κ1) is 14.7. The fourth-order valence-corrected chi connectivity index (χ4v) is 2.18. The molecule has 0 aliphatic carbocycles. The van der Waals surface area contributed by atoms with Crippen LogP contribution in [0.2, 0.25) is 18.1 Å². The van der Waals surface area contributed by atoms with E-state index < -0.39 is 8.32 Å². The highest BCUT2D eigenvalue weighted by atomic mass is 28.4. The van der Waals surface area contributed by atoms with Gasteiger partial charge in [0, 0.05) is 0 Å². The van der Waals surface area contributed by atoms with Crippen molar-refractivity contribution in [2.24, 2.45) is 0 Å². The van der Waals surface area contributed by atoms with Gasteiger partial charge in [0.1, 0.15) is 0 Å². The quantitative estimate of drug-likeness (QED) is 0.750. The van der Waals surface area contributed by atoms with E-state index in [0.717, 1.165) is 5.56 Å². The number of hydrogen-bond acceptors (Lipinski definition) is 2. The lowest BCUT2D eigenvalue weighted by atomic mass is 10.1. The molecule has 0 heterocycles. The molecule has 0 aliphatic heterocycles. The molecule has 18 heavy (non-hydrogen) atoms. The summed E-state index contributed by atoms with van der Waals surface area (Å²) in [6.07, 6.45) is 1.68. The standard InChI is InChI=1S/C15H22O2Si/c1-7-12-10-8-9-11-13(12)14(16)17-18(5,6)15(2,3)4/h7-11H,1H2,2-6H3. The van der Waals surface area contributed by atoms with Crippen LogP contribution in [-0.2, 0) is 4.43 Å². The van der Waals surface area contributed by atoms with E-state index in [0.29, 0.717) is 5.56 Å². The van der Waals surface area contributed by atoms with Crippen LogP contribution >= 0.6 is 0 Å². The van der Waals surface area contributed by atoms with Crippen molar-refractivity contribution in [3.05, 3.63) is 42.0 Å². The van der Waals surface area contributed by atoms with Gasteiger partial charge >= 0.3 is 5.97 Å². The van der Waals surface area contributed by atoms with Crippen molar-refractivity contribution in [2.75, 3.05) is 0 Å². The van der Waals surface area contributed by atoms with Gasteiger partial charge in [0.25, 0.3) is 8.32 Å². The minimum atomic E-state index is -2.07. The Balaban J connectivity index is 3.00. The lowest BCUT2D eigenvalue weighted by Gasteiger charge is -2.35. The Hall–Kier alpha value is -1.35. The van der Waals surface area contributed by atoms with Crippen molar-refractivity contribution in [3.63, 3.8) is 0 Å². The highest BCUT2D eigenvalue weighted by Crippen LogP contribution is 2.37. The lowest BCUT2D eigenvalue weighted by molar-refractivity contribution is 0.0712. The molecular formula is C15H22O2Si. The predicted molar refractivity (Wildman–Crippen MR) is 79.1 cm³/mol. The van der Waals surface area contributed by atoms with Gasteiger partial charge in [-0.1, -0.05) is 51.6 Å². The van der Waals surface area contributed by atoms with E-state index in [2.05, 4.69) is 40.4 Å². The third-order valence-corrected chi connectivity index (χ3v) is 7.86. The van der Waals surface area contributed by atoms with Crippen LogP contribution < -0.4 is 0 Å². The van der Waals surface area contributed by atoms with Gasteiger partial charge in [-0.05, 0) is 29.8 Å². The number of rotatable bonds is 3. The number of hydrogen-bond donors (Lipinski definition) is 0. The van der Waals surface area contributed by atoms with Crippen LogP contribution in [0.25, 0.3) is 6.08 Å². The summed E-state index contributed by atoms with van der Waals surface area (Å²) < 4.78 is 5.78. The van der Waals surface area contributed by atoms with E-state index in [1.165, 1.54) is 0 Å². The van der Waals surface area contributed by atoms with E-state index in [9.17, 15) is 4.79 Å². The first-order valence-electron chi connectivity index (χ1n) is 6.14. The maximum atomic E-state index is 12.3. The monoisotopic (exact) mass is 262 g/mol. The van der Waals surface area contributed by atoms with Crippen molar-refractivity contribution in [2.45, 2.75) is 38.9 Å². The predicted octanol–water partition coefficient (Wildman–Crippen LogP) is 4.49. The minimum absolute atomic E-state index is 0.0196. The number of carbonyl (C=O) groups excluding carboxylic acids is 1. The SMILES string of the molecule is C=Cc1ccccc1C(=O)O[Si](C)(C)C(C)(C)C. The van der Waals surface area contributed by atoms with E-state index in [4.69, 9.17) is 4.43 Å². The van der Waals surface area contributed by atoms with Crippen LogP contribution in [0.4, 0.5) is 0 Å². The molecule has 0 radical (unpaired) electrons. The molecule has 0 saturated carbocycles. The Bertz CT molecular complexity index is 456. The van der Waals surface area contributed by atoms with Crippen LogP contribution in [0.5, 0.6) is 0 Å². The molecule has 0 aliphatic rings. The van der Waals surface area contributed by atoms with Crippen LogP contribution in [0.3, 0.4) is 0 Å². The summed E-state index contributed by atoms with van der Waals surface area (Å²) in [5, 5.41) is 0.0196. The second-order valence-electron chi connectivity index (χ2n) is 5.94. The Morgan fingerprint density at radius 3 is 2.33 bits per heavy atom. The van der Waals surface area contributed by atoms with Crippen LogP contribution in [0, 0.1) is 0 Å². The molecule has 98 valence electrons. The van der Waals surface area contributed by atoms with Gasteiger partial charge in [0.05, 0.1) is 5.56 Å². The molecule has 0 N–H and O–H groups in total. The maximum absolute atomic E-state index is 12.3. The largest absolute Gasteiger partial charge is 0.516 e. The zero-order valence-electron chi connectivity index (χ0n) is 11.9. The maximum Gasteiger partial charge on any atom is 0.325 e. The normalized spacial score (nSPS) is 12.1. The van der Waals surface area contributed by atoms with Crippen LogP contribution in [0.1, 0.15) is 36.7 Å². The van der Waals surface area contributed by atoms with Crippen LogP contribution in [-0.4, -0.2) is 14.3 Å². The molecule has 3 heteroatoms. The van der Waals surface area contributed by atoms with Crippen LogP contribution in [0.15, 0.2) is 30.8 Å². The third kappa shape index (κ3) is 3.10. The molecule has 2 nitrogen and oxygen atoms in total. The molecule has 1 aromatic carbocycles. The summed E-state index contributed by atoms with van der Waals surface area (Å²) in [7, 11) is -2.07. The molecule has 0 aromatic heterocycles. The average molecular weight is 262 g/mol. The summed E-state index contributed by atoms with van der Waals surface area (Å²) in [5.41, 5.74) is 1.42. The van der Waals surface area contributed by atoms with Crippen molar-refractivity contribution in [1.82, 2.24) is 0 Å². The third-order valence-electron chi connectivity index (χ3n) is 3.55. The molecule has 0 atom stereocenters. The summed E-state index contributed by atoms with van der Waals surface area (Å²) >= 11 is 0. The van der Waals surface area contributed by atoms with Gasteiger partial charge in [-0.3, -0.25) is 0 Å². The lowest BCUT2D eigenvalue weighted by Crippen LogP contribution is -2.42. The van der Waals surface area contributed by atoms with Gasteiger partial charge in [0.2, 0.25) is 0 Å². The number of benzene rings is 1. The van der Waals surface area contributed by atoms with Gasteiger partial charge < -0.3 is 4.43 Å². The minimum Gasteiger partial charge on any atom is -0.516 e. The van der Waals surface area contributed by atoms with Crippen molar-refractivity contribution in [3.8, 4) is 0 Å². The van der Waals surface area contributed by atoms with Crippen molar-refractivity contribution < 1.29 is 9.22 Å². The van der Waals surface area contributed by atoms with E-state index >= 15 is 0 Å². The van der Waals surface area contributed by atoms with Gasteiger partial charge in [-0.2, -0.15) is 0 Å². The molecule has 0 amide bonds. The highest BCUT2D eigenvalue weighted by molar-refractivity contribution is 6.75. The molecule has 1 aromatic rings. The summed E-state index contributed by atoms with van der Waals surface area (Å²) in [6.45, 7) is 14.2. The first-order valence-corrected chi connectivity index (χ1v) is 9.04. The van der Waals surface area contributed by atoms with E-state index in [-0.39, 0.29) is 11.0 Å². The van der Waals surface area contributed by atoms with Crippen molar-refractivity contribution >= 4 is 20.4 Å². The second kappa shape index (κ2) is 5.10. The molecule has 1 rings (SSSR count). The van der Waals surface area contributed by atoms with Gasteiger partial charge in [-0.25, -0.2) is 4.79 Å². The fraction of sp³-hybridized carbons (Fsp3) is 0.400. The molecular weight excluding hydrogens is 240 g/mol. The summed E-state index contributed by atoms with van der Waals surface area (Å²) in [4.78, 5) is 12.3. The zero-order valence-corrected chi connectivity index (χ0v) is 12.9. The van der Waals surface area contributed by atoms with Gasteiger partial charge in [0.15, 0.2) is 0 Å². The number of carbonyl (C=O) groups is 1. The van der Waals surface area contributed by atoms with E-state index in [1.54, 1.807) is 12.1 Å². The zero-order chi connectivity index (χ0) is 14.0. The average Bonchev–Trinajstić information content (AvgIpc) is 2.26.